The molecule has 0 spiro atoms. The standard InChI is InChI=1S/C21H23N5O5S2/c1-26-10-9-15(24-26)12-31-25-19(20(27)23-21-22-11-16(32-21)13-30-2)14-3-5-17(6-4-14)33(28,29)18-7-8-18/h3-6,9-11,18H,7-8,12-13H2,1-2H3,(H,22,23,27). The van der Waals surface area contributed by atoms with Gasteiger partial charge in [0.15, 0.2) is 27.3 Å². The summed E-state index contributed by atoms with van der Waals surface area (Å²) < 4.78 is 31.7. The highest BCUT2D eigenvalue weighted by Gasteiger charge is 2.36. The lowest BCUT2D eigenvalue weighted by molar-refractivity contribution is -0.110. The molecule has 2 heterocycles. The zero-order valence-corrected chi connectivity index (χ0v) is 19.7. The van der Waals surface area contributed by atoms with Crippen molar-refractivity contribution in [3.8, 4) is 0 Å². The first-order valence-electron chi connectivity index (χ1n) is 10.1. The SMILES string of the molecule is COCc1cnc(NC(=O)C(=NOCc2ccn(C)n2)c2ccc(S(=O)(=O)C3CC3)cc2)s1. The van der Waals surface area contributed by atoms with Crippen molar-refractivity contribution in [1.29, 1.82) is 0 Å². The van der Waals surface area contributed by atoms with Gasteiger partial charge in [-0.25, -0.2) is 13.4 Å². The van der Waals surface area contributed by atoms with Crippen molar-refractivity contribution < 1.29 is 22.8 Å². The molecule has 0 saturated heterocycles. The van der Waals surface area contributed by atoms with Gasteiger partial charge in [0, 0.05) is 32.1 Å². The number of carbonyl (C=O) groups excluding carboxylic acids is 1. The number of nitrogens with one attached hydrogen (secondary N) is 1. The first kappa shape index (κ1) is 23.1. The number of benzene rings is 1. The molecule has 0 aliphatic heterocycles. The summed E-state index contributed by atoms with van der Waals surface area (Å²) in [7, 11) is 0.0317. The highest BCUT2D eigenvalue weighted by molar-refractivity contribution is 7.92. The molecule has 174 valence electrons. The maximum absolute atomic E-state index is 13.0. The van der Waals surface area contributed by atoms with Gasteiger partial charge < -0.3 is 9.57 Å². The average Bonchev–Trinajstić information content (AvgIpc) is 3.45. The fraction of sp³-hybridized carbons (Fsp3) is 0.333. The molecule has 4 rings (SSSR count). The Bertz CT molecular complexity index is 1260. The van der Waals surface area contributed by atoms with Gasteiger partial charge in [-0.2, -0.15) is 5.10 Å². The monoisotopic (exact) mass is 489 g/mol. The van der Waals surface area contributed by atoms with Crippen LogP contribution in [0.1, 0.15) is 29.0 Å². The molecule has 1 amide bonds. The van der Waals surface area contributed by atoms with Gasteiger partial charge >= 0.3 is 0 Å². The molecule has 2 aromatic heterocycles. The fourth-order valence-electron chi connectivity index (χ4n) is 3.03. The van der Waals surface area contributed by atoms with Crippen LogP contribution in [0.4, 0.5) is 5.13 Å². The maximum atomic E-state index is 13.0. The van der Waals surface area contributed by atoms with Crippen molar-refractivity contribution >= 4 is 37.9 Å². The van der Waals surface area contributed by atoms with Gasteiger partial charge in [-0.1, -0.05) is 28.6 Å². The molecule has 1 aromatic carbocycles. The van der Waals surface area contributed by atoms with E-state index in [0.29, 0.717) is 35.8 Å². The third kappa shape index (κ3) is 5.64. The number of nitrogens with zero attached hydrogens (tertiary/aromatic N) is 4. The van der Waals surface area contributed by atoms with Crippen molar-refractivity contribution in [1.82, 2.24) is 14.8 Å². The lowest BCUT2D eigenvalue weighted by Crippen LogP contribution is -2.24. The van der Waals surface area contributed by atoms with E-state index in [1.807, 2.05) is 0 Å². The van der Waals surface area contributed by atoms with Crippen molar-refractivity contribution in [3.05, 3.63) is 58.9 Å². The van der Waals surface area contributed by atoms with E-state index < -0.39 is 15.7 Å². The summed E-state index contributed by atoms with van der Waals surface area (Å²) in [5, 5.41) is 11.0. The summed E-state index contributed by atoms with van der Waals surface area (Å²) in [5.41, 5.74) is 1.05. The Hall–Kier alpha value is -3.09. The van der Waals surface area contributed by atoms with Gasteiger partial charge in [0.2, 0.25) is 0 Å². The number of sulfone groups is 1. The van der Waals surface area contributed by atoms with Crippen LogP contribution >= 0.6 is 11.3 Å². The minimum Gasteiger partial charge on any atom is -0.389 e. The minimum atomic E-state index is -3.33. The predicted octanol–water partition coefficient (Wildman–Crippen LogP) is 2.52. The predicted molar refractivity (Wildman–Crippen MR) is 123 cm³/mol. The summed E-state index contributed by atoms with van der Waals surface area (Å²) >= 11 is 1.28. The molecule has 1 aliphatic rings. The first-order chi connectivity index (χ1) is 15.9. The Balaban J connectivity index is 1.55. The number of thiazole rings is 1. The van der Waals surface area contributed by atoms with Crippen LogP contribution in [-0.2, 0) is 44.5 Å². The molecule has 0 radical (unpaired) electrons. The smallest absolute Gasteiger partial charge is 0.280 e. The average molecular weight is 490 g/mol. The number of carbonyl (C=O) groups is 1. The van der Waals surface area contributed by atoms with Crippen LogP contribution in [0, 0.1) is 0 Å². The normalized spacial score (nSPS) is 14.3. The Kier molecular flexibility index (Phi) is 6.86. The van der Waals surface area contributed by atoms with Gasteiger partial charge in [-0.15, -0.1) is 0 Å². The Morgan fingerprint density at radius 1 is 1.24 bits per heavy atom. The van der Waals surface area contributed by atoms with Crippen molar-refractivity contribution in [2.24, 2.45) is 12.2 Å². The molecule has 1 fully saturated rings. The zero-order chi connectivity index (χ0) is 23.4. The van der Waals surface area contributed by atoms with E-state index in [0.717, 1.165) is 4.88 Å². The van der Waals surface area contributed by atoms with E-state index in [-0.39, 0.29) is 22.5 Å². The highest BCUT2D eigenvalue weighted by atomic mass is 32.2. The second-order valence-electron chi connectivity index (χ2n) is 7.48. The van der Waals surface area contributed by atoms with Crippen LogP contribution in [0.15, 0.2) is 52.8 Å². The van der Waals surface area contributed by atoms with Crippen LogP contribution in [0.5, 0.6) is 0 Å². The molecule has 0 bridgehead atoms. The molecule has 12 heteroatoms. The molecule has 1 aliphatic carbocycles. The topological polar surface area (TPSA) is 125 Å². The number of aryl methyl sites for hydroxylation is 1. The molecule has 0 unspecified atom stereocenters. The number of hydrogen-bond acceptors (Lipinski definition) is 9. The number of methoxy groups -OCH3 is 1. The van der Waals surface area contributed by atoms with Crippen LogP contribution in [0.2, 0.25) is 0 Å². The summed E-state index contributed by atoms with van der Waals surface area (Å²) in [6.45, 7) is 0.458. The molecular weight excluding hydrogens is 466 g/mol. The second kappa shape index (κ2) is 9.81. The third-order valence-corrected chi connectivity index (χ3v) is 8.00. The van der Waals surface area contributed by atoms with Gasteiger partial charge in [0.25, 0.3) is 5.91 Å². The molecule has 3 aromatic rings. The summed E-state index contributed by atoms with van der Waals surface area (Å²) in [4.78, 5) is 23.7. The van der Waals surface area contributed by atoms with Crippen LogP contribution < -0.4 is 5.32 Å². The number of anilines is 1. The lowest BCUT2D eigenvalue weighted by atomic mass is 10.1. The summed E-state index contributed by atoms with van der Waals surface area (Å²) in [6.07, 6.45) is 4.75. The Morgan fingerprint density at radius 2 is 2.00 bits per heavy atom. The summed E-state index contributed by atoms with van der Waals surface area (Å²) in [6, 6.07) is 7.86. The van der Waals surface area contributed by atoms with E-state index in [4.69, 9.17) is 9.57 Å². The highest BCUT2D eigenvalue weighted by Crippen LogP contribution is 2.33. The third-order valence-electron chi connectivity index (χ3n) is 4.83. The minimum absolute atomic E-state index is 0.00945. The lowest BCUT2D eigenvalue weighted by Gasteiger charge is -2.08. The zero-order valence-electron chi connectivity index (χ0n) is 18.1. The van der Waals surface area contributed by atoms with Crippen molar-refractivity contribution in [2.45, 2.75) is 36.2 Å². The summed E-state index contributed by atoms with van der Waals surface area (Å²) in [5.74, 6) is -0.535. The molecule has 1 N–H and O–H groups in total. The largest absolute Gasteiger partial charge is 0.389 e. The van der Waals surface area contributed by atoms with Crippen molar-refractivity contribution in [2.75, 3.05) is 12.4 Å². The van der Waals surface area contributed by atoms with E-state index in [1.165, 1.54) is 23.5 Å². The first-order valence-corrected chi connectivity index (χ1v) is 12.5. The Morgan fingerprint density at radius 3 is 2.64 bits per heavy atom. The number of ether oxygens (including phenoxy) is 1. The molecule has 0 atom stereocenters. The Labute approximate surface area is 195 Å². The number of oxime groups is 1. The molecular formula is C21H23N5O5S2. The molecule has 1 saturated carbocycles. The van der Waals surface area contributed by atoms with Crippen molar-refractivity contribution in [3.63, 3.8) is 0 Å². The number of hydrogen-bond donors (Lipinski definition) is 1. The second-order valence-corrected chi connectivity index (χ2v) is 10.8. The number of rotatable bonds is 10. The van der Waals surface area contributed by atoms with Gasteiger partial charge in [0.05, 0.1) is 21.6 Å². The van der Waals surface area contributed by atoms with Crippen LogP contribution in [0.3, 0.4) is 0 Å². The van der Waals surface area contributed by atoms with E-state index in [1.54, 1.807) is 49.4 Å². The molecule has 10 nitrogen and oxygen atoms in total. The maximum Gasteiger partial charge on any atom is 0.280 e. The fourth-order valence-corrected chi connectivity index (χ4v) is 5.47. The number of aromatic nitrogens is 3. The van der Waals surface area contributed by atoms with Gasteiger partial charge in [-0.3, -0.25) is 14.8 Å². The van der Waals surface area contributed by atoms with E-state index in [2.05, 4.69) is 20.6 Å². The van der Waals surface area contributed by atoms with Crippen LogP contribution in [0.25, 0.3) is 0 Å². The molecule has 33 heavy (non-hydrogen) atoms. The quantitative estimate of drug-likeness (QED) is 0.343. The van der Waals surface area contributed by atoms with Crippen LogP contribution in [-0.4, -0.2) is 47.2 Å². The van der Waals surface area contributed by atoms with E-state index >= 15 is 0 Å². The number of amides is 1. The van der Waals surface area contributed by atoms with Gasteiger partial charge in [0.1, 0.15) is 5.69 Å². The van der Waals surface area contributed by atoms with Gasteiger partial charge in [-0.05, 0) is 31.0 Å². The van der Waals surface area contributed by atoms with E-state index in [9.17, 15) is 13.2 Å².